The van der Waals surface area contributed by atoms with Gasteiger partial charge in [-0.3, -0.25) is 0 Å². The van der Waals surface area contributed by atoms with Crippen molar-refractivity contribution < 1.29 is 23.4 Å². The molecule has 1 amide bonds. The monoisotopic (exact) mass is 514 g/mol. The van der Waals surface area contributed by atoms with Gasteiger partial charge in [-0.1, -0.05) is 44.2 Å². The summed E-state index contributed by atoms with van der Waals surface area (Å²) < 4.78 is 22.4. The first-order chi connectivity index (χ1) is 18.3. The lowest BCUT2D eigenvalue weighted by molar-refractivity contribution is -0.0197. The van der Waals surface area contributed by atoms with Crippen molar-refractivity contribution in [3.05, 3.63) is 89.4 Å². The van der Waals surface area contributed by atoms with Crippen molar-refractivity contribution in [1.82, 2.24) is 15.2 Å². The van der Waals surface area contributed by atoms with E-state index in [-0.39, 0.29) is 17.6 Å². The predicted octanol–water partition coefficient (Wildman–Crippen LogP) is 5.35. The average Bonchev–Trinajstić information content (AvgIpc) is 3.33. The van der Waals surface area contributed by atoms with Crippen LogP contribution in [0.15, 0.2) is 71.1 Å². The van der Waals surface area contributed by atoms with Crippen molar-refractivity contribution in [2.24, 2.45) is 5.73 Å². The molecule has 196 valence electrons. The zero-order chi connectivity index (χ0) is 26.7. The average molecular weight is 515 g/mol. The highest BCUT2D eigenvalue weighted by molar-refractivity contribution is 5.64. The topological polar surface area (TPSA) is 123 Å². The molecule has 0 bridgehead atoms. The van der Waals surface area contributed by atoms with E-state index in [0.29, 0.717) is 36.9 Å². The van der Waals surface area contributed by atoms with Crippen molar-refractivity contribution in [2.45, 2.75) is 57.8 Å². The van der Waals surface area contributed by atoms with Gasteiger partial charge in [0.15, 0.2) is 0 Å². The normalized spacial score (nSPS) is 16.9. The molecule has 1 aliphatic rings. The van der Waals surface area contributed by atoms with E-state index >= 15 is 0 Å². The number of amides is 1. The van der Waals surface area contributed by atoms with E-state index in [4.69, 9.17) is 24.4 Å². The molecule has 1 fully saturated rings. The largest absolute Gasteiger partial charge is 0.490 e. The molecule has 2 N–H and O–H groups in total. The number of benzene rings is 2. The standard InChI is InChI=1S/C29H30N4O5/c1-18-32-33-27(36-18)26-6-4-5-21(31-26)17-35-22-11-7-19(8-12-22)29(2,3)20-9-13-23(14-10-20)37-24-15-25(16-24)38-28(30)34/h4-14,24-25H,15-17H2,1-3H3,(H2,30,34). The lowest BCUT2D eigenvalue weighted by Crippen LogP contribution is -2.41. The molecule has 0 saturated heterocycles. The highest BCUT2D eigenvalue weighted by Gasteiger charge is 2.33. The smallest absolute Gasteiger partial charge is 0.404 e. The van der Waals surface area contributed by atoms with E-state index in [9.17, 15) is 4.79 Å². The Balaban J connectivity index is 1.17. The third-order valence-electron chi connectivity index (χ3n) is 6.73. The third kappa shape index (κ3) is 5.77. The summed E-state index contributed by atoms with van der Waals surface area (Å²) in [4.78, 5) is 15.4. The molecule has 0 atom stereocenters. The fraction of sp³-hybridized carbons (Fsp3) is 0.310. The van der Waals surface area contributed by atoms with Crippen molar-refractivity contribution in [2.75, 3.05) is 0 Å². The van der Waals surface area contributed by atoms with Crippen LogP contribution in [0.5, 0.6) is 11.5 Å². The summed E-state index contributed by atoms with van der Waals surface area (Å²) in [6.45, 7) is 6.44. The first-order valence-corrected chi connectivity index (χ1v) is 12.5. The van der Waals surface area contributed by atoms with Crippen molar-refractivity contribution in [1.29, 1.82) is 0 Å². The number of nitrogens with two attached hydrogens (primary N) is 1. The van der Waals surface area contributed by atoms with Crippen LogP contribution in [0.4, 0.5) is 4.79 Å². The molecule has 9 heteroatoms. The lowest BCUT2D eigenvalue weighted by Gasteiger charge is -2.34. The summed E-state index contributed by atoms with van der Waals surface area (Å²) in [6.07, 6.45) is 0.462. The third-order valence-corrected chi connectivity index (χ3v) is 6.73. The highest BCUT2D eigenvalue weighted by atomic mass is 16.6. The van der Waals surface area contributed by atoms with Crippen molar-refractivity contribution in [3.63, 3.8) is 0 Å². The minimum atomic E-state index is -0.738. The minimum absolute atomic E-state index is 0.0337. The number of primary amides is 1. The summed E-state index contributed by atoms with van der Waals surface area (Å²) in [6, 6.07) is 21.9. The number of nitrogens with zero attached hydrogens (tertiary/aromatic N) is 3. The number of rotatable bonds is 9. The van der Waals surface area contributed by atoms with Gasteiger partial charge in [-0.15, -0.1) is 10.2 Å². The predicted molar refractivity (Wildman–Crippen MR) is 140 cm³/mol. The Bertz CT molecular complexity index is 1390. The second-order valence-corrected chi connectivity index (χ2v) is 9.87. The maximum atomic E-state index is 10.8. The molecule has 1 aliphatic carbocycles. The van der Waals surface area contributed by atoms with E-state index in [1.54, 1.807) is 6.92 Å². The van der Waals surface area contributed by atoms with Gasteiger partial charge in [-0.2, -0.15) is 0 Å². The highest BCUT2D eigenvalue weighted by Crippen LogP contribution is 2.34. The number of carbonyl (C=O) groups excluding carboxylic acids is 1. The second-order valence-electron chi connectivity index (χ2n) is 9.87. The van der Waals surface area contributed by atoms with Crippen LogP contribution in [0.2, 0.25) is 0 Å². The SMILES string of the molecule is Cc1nnc(-c2cccc(COc3ccc(C(C)(C)c4ccc(OC5CC(OC(N)=O)C5)cc4)cc3)n2)o1. The fourth-order valence-electron chi connectivity index (χ4n) is 4.39. The molecule has 38 heavy (non-hydrogen) atoms. The Hall–Kier alpha value is -4.40. The van der Waals surface area contributed by atoms with Crippen LogP contribution < -0.4 is 15.2 Å². The van der Waals surface area contributed by atoms with Gasteiger partial charge in [-0.05, 0) is 47.5 Å². The number of carbonyl (C=O) groups is 1. The van der Waals surface area contributed by atoms with Crippen LogP contribution in [0.25, 0.3) is 11.6 Å². The summed E-state index contributed by atoms with van der Waals surface area (Å²) in [5.41, 5.74) is 8.56. The van der Waals surface area contributed by atoms with E-state index in [0.717, 1.165) is 22.8 Å². The zero-order valence-corrected chi connectivity index (χ0v) is 21.6. The number of aromatic nitrogens is 3. The lowest BCUT2D eigenvalue weighted by atomic mass is 9.78. The first kappa shape index (κ1) is 25.3. The molecule has 0 unspecified atom stereocenters. The van der Waals surface area contributed by atoms with Gasteiger partial charge >= 0.3 is 6.09 Å². The molecular weight excluding hydrogens is 484 g/mol. The van der Waals surface area contributed by atoms with Gasteiger partial charge in [0, 0.05) is 25.2 Å². The van der Waals surface area contributed by atoms with Gasteiger partial charge < -0.3 is 24.4 Å². The van der Waals surface area contributed by atoms with Crippen LogP contribution in [0, 0.1) is 6.92 Å². The summed E-state index contributed by atoms with van der Waals surface area (Å²) in [5.74, 6) is 2.44. The Morgan fingerprint density at radius 2 is 1.61 bits per heavy atom. The molecule has 2 aromatic heterocycles. The molecule has 9 nitrogen and oxygen atoms in total. The van der Waals surface area contributed by atoms with E-state index < -0.39 is 6.09 Å². The first-order valence-electron chi connectivity index (χ1n) is 12.5. The van der Waals surface area contributed by atoms with Crippen molar-refractivity contribution in [3.8, 4) is 23.1 Å². The van der Waals surface area contributed by atoms with Crippen LogP contribution in [-0.2, 0) is 16.8 Å². The Morgan fingerprint density at radius 3 is 2.21 bits per heavy atom. The van der Waals surface area contributed by atoms with E-state index in [1.165, 1.54) is 5.56 Å². The van der Waals surface area contributed by atoms with Crippen LogP contribution in [-0.4, -0.2) is 33.5 Å². The van der Waals surface area contributed by atoms with E-state index in [1.807, 2.05) is 42.5 Å². The molecule has 2 aromatic carbocycles. The maximum Gasteiger partial charge on any atom is 0.404 e. The zero-order valence-electron chi connectivity index (χ0n) is 21.6. The quantitative estimate of drug-likeness (QED) is 0.317. The summed E-state index contributed by atoms with van der Waals surface area (Å²) >= 11 is 0. The second kappa shape index (κ2) is 10.5. The minimum Gasteiger partial charge on any atom is -0.490 e. The molecule has 1 saturated carbocycles. The van der Waals surface area contributed by atoms with Gasteiger partial charge in [-0.25, -0.2) is 9.78 Å². The molecule has 2 heterocycles. The Kier molecular flexibility index (Phi) is 7.00. The molecule has 0 radical (unpaired) electrons. The molecule has 5 rings (SSSR count). The van der Waals surface area contributed by atoms with Gasteiger partial charge in [0.25, 0.3) is 5.89 Å². The number of pyridine rings is 1. The van der Waals surface area contributed by atoms with Crippen LogP contribution in [0.3, 0.4) is 0 Å². The molecule has 0 spiro atoms. The molecular formula is C29H30N4O5. The molecule has 0 aliphatic heterocycles. The molecule has 4 aromatic rings. The van der Waals surface area contributed by atoms with Crippen LogP contribution >= 0.6 is 0 Å². The summed E-state index contributed by atoms with van der Waals surface area (Å²) in [5, 5.41) is 7.88. The van der Waals surface area contributed by atoms with E-state index in [2.05, 4.69) is 53.3 Å². The summed E-state index contributed by atoms with van der Waals surface area (Å²) in [7, 11) is 0. The number of aryl methyl sites for hydroxylation is 1. The van der Waals surface area contributed by atoms with Gasteiger partial charge in [0.2, 0.25) is 5.89 Å². The number of hydrogen-bond donors (Lipinski definition) is 1. The fourth-order valence-corrected chi connectivity index (χ4v) is 4.39. The number of ether oxygens (including phenoxy) is 3. The van der Waals surface area contributed by atoms with Gasteiger partial charge in [0.05, 0.1) is 5.69 Å². The van der Waals surface area contributed by atoms with Crippen molar-refractivity contribution >= 4 is 6.09 Å². The van der Waals surface area contributed by atoms with Crippen LogP contribution in [0.1, 0.15) is 49.4 Å². The van der Waals surface area contributed by atoms with Gasteiger partial charge in [0.1, 0.15) is 36.0 Å². The number of hydrogen-bond acceptors (Lipinski definition) is 8. The maximum absolute atomic E-state index is 10.8. The Morgan fingerprint density at radius 1 is 0.947 bits per heavy atom. The Labute approximate surface area is 221 Å².